The average molecular weight is 659 g/mol. The molecule has 0 radical (unpaired) electrons. The van der Waals surface area contributed by atoms with Gasteiger partial charge in [0.1, 0.15) is 24.7 Å². The van der Waals surface area contributed by atoms with Crippen molar-refractivity contribution in [3.63, 3.8) is 0 Å². The number of benzene rings is 4. The lowest BCUT2D eigenvalue weighted by molar-refractivity contribution is 0.0180. The third-order valence-electron chi connectivity index (χ3n) is 7.08. The van der Waals surface area contributed by atoms with E-state index in [1.807, 2.05) is 48.5 Å². The van der Waals surface area contributed by atoms with Crippen LogP contribution < -0.4 is 9.47 Å². The standard InChI is InChI=1S/C39H43ClO7/c1-3-31-28-36(39(33-12-8-5-9-13-33)38(29-31)47-27-25-44-21-20-42-17-16-40)34-14-15-35(32-10-6-4-7-11-32)37(30-34)46-26-24-45-23-22-43-19-18-41-2/h1,4-15,28-30H,16-27H2,2H3. The molecule has 0 saturated carbocycles. The predicted octanol–water partition coefficient (Wildman–Crippen LogP) is 7.38. The number of hydrogen-bond acceptors (Lipinski definition) is 7. The van der Waals surface area contributed by atoms with Gasteiger partial charge in [0.15, 0.2) is 0 Å². The van der Waals surface area contributed by atoms with Gasteiger partial charge in [-0.25, -0.2) is 0 Å². The fourth-order valence-electron chi connectivity index (χ4n) is 4.87. The van der Waals surface area contributed by atoms with Crippen LogP contribution in [-0.4, -0.2) is 85.7 Å². The highest BCUT2D eigenvalue weighted by Gasteiger charge is 2.18. The van der Waals surface area contributed by atoms with Crippen LogP contribution >= 0.6 is 11.6 Å². The molecule has 0 fully saturated rings. The van der Waals surface area contributed by atoms with E-state index < -0.39 is 0 Å². The van der Waals surface area contributed by atoms with Crippen LogP contribution in [0.3, 0.4) is 0 Å². The average Bonchev–Trinajstić information content (AvgIpc) is 3.12. The lowest BCUT2D eigenvalue weighted by atomic mass is 9.90. The maximum atomic E-state index is 6.37. The summed E-state index contributed by atoms with van der Waals surface area (Å²) in [5, 5.41) is 0. The molecule has 4 aromatic rings. The summed E-state index contributed by atoms with van der Waals surface area (Å²) in [4.78, 5) is 0. The lowest BCUT2D eigenvalue weighted by Crippen LogP contribution is -2.12. The number of hydrogen-bond donors (Lipinski definition) is 0. The van der Waals surface area contributed by atoms with Crippen molar-refractivity contribution >= 4 is 11.6 Å². The van der Waals surface area contributed by atoms with Crippen molar-refractivity contribution in [2.45, 2.75) is 0 Å². The van der Waals surface area contributed by atoms with Crippen LogP contribution in [-0.2, 0) is 23.7 Å². The minimum Gasteiger partial charge on any atom is -0.491 e. The summed E-state index contributed by atoms with van der Waals surface area (Å²) in [5.41, 5.74) is 6.57. The molecule has 4 aromatic carbocycles. The highest BCUT2D eigenvalue weighted by molar-refractivity contribution is 6.17. The van der Waals surface area contributed by atoms with Gasteiger partial charge < -0.3 is 33.2 Å². The van der Waals surface area contributed by atoms with Gasteiger partial charge in [-0.2, -0.15) is 0 Å². The van der Waals surface area contributed by atoms with Gasteiger partial charge in [-0.1, -0.05) is 78.7 Å². The maximum absolute atomic E-state index is 6.37. The van der Waals surface area contributed by atoms with E-state index in [9.17, 15) is 0 Å². The van der Waals surface area contributed by atoms with Gasteiger partial charge in [0, 0.05) is 29.7 Å². The monoisotopic (exact) mass is 658 g/mol. The molecule has 8 heteroatoms. The first-order valence-corrected chi connectivity index (χ1v) is 16.3. The van der Waals surface area contributed by atoms with Crippen LogP contribution in [0.4, 0.5) is 0 Å². The van der Waals surface area contributed by atoms with Crippen molar-refractivity contribution in [2.75, 3.05) is 85.7 Å². The van der Waals surface area contributed by atoms with Crippen LogP contribution in [0, 0.1) is 12.3 Å². The molecule has 7 nitrogen and oxygen atoms in total. The molecule has 0 aliphatic rings. The van der Waals surface area contributed by atoms with Crippen molar-refractivity contribution < 1.29 is 33.2 Å². The maximum Gasteiger partial charge on any atom is 0.129 e. The Labute approximate surface area is 283 Å². The Balaban J connectivity index is 1.60. The Morgan fingerprint density at radius 3 is 1.68 bits per heavy atom. The Bertz CT molecular complexity index is 1510. The summed E-state index contributed by atoms with van der Waals surface area (Å²) in [5.74, 6) is 4.69. The number of ether oxygens (including phenoxy) is 7. The predicted molar refractivity (Wildman–Crippen MR) is 188 cm³/mol. The topological polar surface area (TPSA) is 64.6 Å². The van der Waals surface area contributed by atoms with Gasteiger partial charge in [-0.05, 0) is 40.5 Å². The molecule has 0 aromatic heterocycles. The fourth-order valence-corrected chi connectivity index (χ4v) is 4.98. The summed E-state index contributed by atoms with van der Waals surface area (Å²) < 4.78 is 40.0. The first-order chi connectivity index (χ1) is 23.2. The van der Waals surface area contributed by atoms with Gasteiger partial charge >= 0.3 is 0 Å². The molecule has 0 spiro atoms. The van der Waals surface area contributed by atoms with E-state index in [1.165, 1.54) is 0 Å². The largest absolute Gasteiger partial charge is 0.491 e. The van der Waals surface area contributed by atoms with Gasteiger partial charge in [0.25, 0.3) is 0 Å². The van der Waals surface area contributed by atoms with Crippen LogP contribution in [0.2, 0.25) is 0 Å². The van der Waals surface area contributed by atoms with Gasteiger partial charge in [0.05, 0.1) is 59.5 Å². The number of rotatable bonds is 22. The van der Waals surface area contributed by atoms with Crippen molar-refractivity contribution in [3.05, 3.63) is 96.6 Å². The van der Waals surface area contributed by atoms with Crippen molar-refractivity contribution in [1.29, 1.82) is 0 Å². The third-order valence-corrected chi connectivity index (χ3v) is 7.23. The van der Waals surface area contributed by atoms with Crippen LogP contribution in [0.15, 0.2) is 91.0 Å². The molecule has 47 heavy (non-hydrogen) atoms. The summed E-state index contributed by atoms with van der Waals surface area (Å²) in [6.07, 6.45) is 5.95. The Morgan fingerprint density at radius 2 is 1.09 bits per heavy atom. The zero-order valence-electron chi connectivity index (χ0n) is 27.0. The second-order valence-electron chi connectivity index (χ2n) is 10.3. The summed E-state index contributed by atoms with van der Waals surface area (Å²) >= 11 is 5.66. The number of methoxy groups -OCH3 is 1. The molecule has 0 unspecified atom stereocenters. The molecule has 0 aliphatic carbocycles. The highest BCUT2D eigenvalue weighted by Crippen LogP contribution is 2.43. The van der Waals surface area contributed by atoms with Crippen molar-refractivity contribution in [2.24, 2.45) is 0 Å². The van der Waals surface area contributed by atoms with Crippen molar-refractivity contribution in [1.82, 2.24) is 0 Å². The molecule has 0 bridgehead atoms. The number of halogens is 1. The summed E-state index contributed by atoms with van der Waals surface area (Å²) in [6, 6.07) is 30.5. The second kappa shape index (κ2) is 21.1. The number of alkyl halides is 1. The first kappa shape index (κ1) is 36.0. The molecule has 0 atom stereocenters. The Morgan fingerprint density at radius 1 is 0.532 bits per heavy atom. The smallest absolute Gasteiger partial charge is 0.129 e. The molecular formula is C39H43ClO7. The molecule has 0 saturated heterocycles. The summed E-state index contributed by atoms with van der Waals surface area (Å²) in [6.45, 7) is 5.09. The molecule has 0 aliphatic heterocycles. The highest BCUT2D eigenvalue weighted by atomic mass is 35.5. The van der Waals surface area contributed by atoms with E-state index in [0.717, 1.165) is 39.1 Å². The minimum atomic E-state index is 0.349. The molecule has 0 heterocycles. The van der Waals surface area contributed by atoms with E-state index >= 15 is 0 Å². The normalized spacial score (nSPS) is 10.9. The van der Waals surface area contributed by atoms with Gasteiger partial charge in [-0.3, -0.25) is 0 Å². The van der Waals surface area contributed by atoms with E-state index in [1.54, 1.807) is 7.11 Å². The second-order valence-corrected chi connectivity index (χ2v) is 10.7. The van der Waals surface area contributed by atoms with Crippen LogP contribution in [0.5, 0.6) is 11.5 Å². The SMILES string of the molecule is C#Cc1cc(OCCOCCOCCCl)c(-c2ccccc2)c(-c2ccc(-c3ccccc3)c(OCCOCCOCCOC)c2)c1. The molecule has 248 valence electrons. The van der Waals surface area contributed by atoms with E-state index in [0.29, 0.717) is 89.9 Å². The summed E-state index contributed by atoms with van der Waals surface area (Å²) in [7, 11) is 1.65. The third kappa shape index (κ3) is 11.7. The molecular weight excluding hydrogens is 616 g/mol. The van der Waals surface area contributed by atoms with Gasteiger partial charge in [-0.15, -0.1) is 18.0 Å². The number of terminal acetylenes is 1. The molecule has 0 N–H and O–H groups in total. The Kier molecular flexibility index (Phi) is 16.1. The van der Waals surface area contributed by atoms with E-state index in [4.69, 9.17) is 51.2 Å². The minimum absolute atomic E-state index is 0.349. The zero-order valence-corrected chi connectivity index (χ0v) is 27.7. The molecule has 0 amide bonds. The lowest BCUT2D eigenvalue weighted by Gasteiger charge is -2.19. The fraction of sp³-hybridized carbons (Fsp3) is 0.333. The van der Waals surface area contributed by atoms with E-state index in [2.05, 4.69) is 48.4 Å². The Hall–Kier alpha value is -3.87. The van der Waals surface area contributed by atoms with E-state index in [-0.39, 0.29) is 0 Å². The quantitative estimate of drug-likeness (QED) is 0.0496. The van der Waals surface area contributed by atoms with Crippen LogP contribution in [0.1, 0.15) is 5.56 Å². The van der Waals surface area contributed by atoms with Gasteiger partial charge in [0.2, 0.25) is 0 Å². The zero-order chi connectivity index (χ0) is 32.9. The van der Waals surface area contributed by atoms with Crippen LogP contribution in [0.25, 0.3) is 33.4 Å². The van der Waals surface area contributed by atoms with Crippen molar-refractivity contribution in [3.8, 4) is 57.2 Å². The molecule has 4 rings (SSSR count). The first-order valence-electron chi connectivity index (χ1n) is 15.8.